The molecule has 0 fully saturated rings. The lowest BCUT2D eigenvalue weighted by atomic mass is 9.99. The number of aliphatic hydroxyl groups is 1. The summed E-state index contributed by atoms with van der Waals surface area (Å²) in [6.07, 6.45) is 6.15. The summed E-state index contributed by atoms with van der Waals surface area (Å²) in [7, 11) is 1.98. The fourth-order valence-electron chi connectivity index (χ4n) is 4.20. The number of pyridine rings is 1. The van der Waals surface area contributed by atoms with Gasteiger partial charge in [0.25, 0.3) is 5.91 Å². The van der Waals surface area contributed by atoms with Gasteiger partial charge in [-0.2, -0.15) is 0 Å². The summed E-state index contributed by atoms with van der Waals surface area (Å²) in [6, 6.07) is 7.82. The van der Waals surface area contributed by atoms with E-state index in [1.54, 1.807) is 41.7 Å². The average molecular weight is 480 g/mol. The zero-order valence-corrected chi connectivity index (χ0v) is 20.1. The molecule has 2 aromatic heterocycles. The quantitative estimate of drug-likeness (QED) is 0.557. The molecule has 35 heavy (non-hydrogen) atoms. The lowest BCUT2D eigenvalue weighted by Crippen LogP contribution is -2.49. The fourth-order valence-corrected chi connectivity index (χ4v) is 4.20. The number of nitrogens with zero attached hydrogens (tertiary/aromatic N) is 5. The van der Waals surface area contributed by atoms with E-state index in [4.69, 9.17) is 4.74 Å². The van der Waals surface area contributed by atoms with Gasteiger partial charge in [0.2, 0.25) is 5.88 Å². The Kier molecular flexibility index (Phi) is 7.67. The standard InChI is InChI=1S/C26H30FN5O3/c1-17-12-32(18(2)15-33)26(34)23-8-20(21-9-28-16-29-10-21)11-30-25(23)35-24(17)14-31(3)13-19-4-6-22(27)7-5-19/h4-11,16-18,24,33H,12-15H2,1-3H3/t17-,18+,24-/m1/s1. The van der Waals surface area contributed by atoms with Crippen LogP contribution in [0.25, 0.3) is 11.1 Å². The van der Waals surface area contributed by atoms with Crippen molar-refractivity contribution in [2.24, 2.45) is 5.92 Å². The Morgan fingerprint density at radius 1 is 1.20 bits per heavy atom. The van der Waals surface area contributed by atoms with Crippen molar-refractivity contribution >= 4 is 5.91 Å². The molecule has 3 aromatic rings. The smallest absolute Gasteiger partial charge is 0.259 e. The summed E-state index contributed by atoms with van der Waals surface area (Å²) in [4.78, 5) is 29.9. The number of benzene rings is 1. The third kappa shape index (κ3) is 5.80. The van der Waals surface area contributed by atoms with Gasteiger partial charge < -0.3 is 14.7 Å². The molecule has 0 radical (unpaired) electrons. The van der Waals surface area contributed by atoms with Crippen molar-refractivity contribution in [1.29, 1.82) is 0 Å². The number of aliphatic hydroxyl groups excluding tert-OH is 1. The Morgan fingerprint density at radius 2 is 1.91 bits per heavy atom. The maximum Gasteiger partial charge on any atom is 0.259 e. The van der Waals surface area contributed by atoms with E-state index < -0.39 is 0 Å². The number of ether oxygens (including phenoxy) is 1. The molecule has 9 heteroatoms. The van der Waals surface area contributed by atoms with Crippen LogP contribution in [0.15, 0.2) is 55.2 Å². The van der Waals surface area contributed by atoms with Crippen molar-refractivity contribution < 1.29 is 19.0 Å². The number of hydrogen-bond acceptors (Lipinski definition) is 7. The molecule has 3 heterocycles. The molecular formula is C26H30FN5O3. The molecule has 0 saturated heterocycles. The maximum absolute atomic E-state index is 13.5. The van der Waals surface area contributed by atoms with Crippen LogP contribution in [0.3, 0.4) is 0 Å². The van der Waals surface area contributed by atoms with E-state index in [1.165, 1.54) is 18.5 Å². The number of aromatic nitrogens is 3. The second-order valence-corrected chi connectivity index (χ2v) is 9.15. The van der Waals surface area contributed by atoms with Crippen molar-refractivity contribution in [3.05, 3.63) is 72.2 Å². The van der Waals surface area contributed by atoms with Gasteiger partial charge in [-0.1, -0.05) is 19.1 Å². The molecule has 1 aromatic carbocycles. The van der Waals surface area contributed by atoms with E-state index in [1.807, 2.05) is 20.9 Å². The summed E-state index contributed by atoms with van der Waals surface area (Å²) < 4.78 is 19.6. The zero-order chi connectivity index (χ0) is 24.9. The second kappa shape index (κ2) is 10.9. The van der Waals surface area contributed by atoms with Gasteiger partial charge in [-0.25, -0.2) is 19.3 Å². The number of fused-ring (bicyclic) bond motifs is 1. The predicted octanol–water partition coefficient (Wildman–Crippen LogP) is 3.03. The highest BCUT2D eigenvalue weighted by Crippen LogP contribution is 2.30. The highest BCUT2D eigenvalue weighted by molar-refractivity contribution is 5.98. The molecule has 0 saturated carbocycles. The SMILES string of the molecule is C[C@@H]1CN([C@@H](C)CO)C(=O)c2cc(-c3cncnc3)cnc2O[C@@H]1CN(C)Cc1ccc(F)cc1. The normalized spacial score (nSPS) is 19.0. The summed E-state index contributed by atoms with van der Waals surface area (Å²) in [5.41, 5.74) is 2.77. The van der Waals surface area contributed by atoms with Gasteiger partial charge in [0.15, 0.2) is 0 Å². The summed E-state index contributed by atoms with van der Waals surface area (Å²) in [5, 5.41) is 9.84. The Hall–Kier alpha value is -3.43. The van der Waals surface area contributed by atoms with E-state index in [2.05, 4.69) is 19.9 Å². The van der Waals surface area contributed by atoms with Gasteiger partial charge in [0, 0.05) is 55.3 Å². The first-order chi connectivity index (χ1) is 16.9. The first-order valence-electron chi connectivity index (χ1n) is 11.6. The molecule has 0 aliphatic carbocycles. The second-order valence-electron chi connectivity index (χ2n) is 9.15. The van der Waals surface area contributed by atoms with Gasteiger partial charge in [-0.3, -0.25) is 9.69 Å². The first kappa shape index (κ1) is 24.7. The van der Waals surface area contributed by atoms with Crippen molar-refractivity contribution in [3.63, 3.8) is 0 Å². The lowest BCUT2D eigenvalue weighted by Gasteiger charge is -2.37. The molecule has 0 unspecified atom stereocenters. The number of rotatable bonds is 7. The van der Waals surface area contributed by atoms with Crippen LogP contribution in [0.2, 0.25) is 0 Å². The molecule has 1 N–H and O–H groups in total. The van der Waals surface area contributed by atoms with Crippen molar-refractivity contribution in [2.75, 3.05) is 26.7 Å². The molecule has 8 nitrogen and oxygen atoms in total. The van der Waals surface area contributed by atoms with Crippen LogP contribution >= 0.6 is 0 Å². The summed E-state index contributed by atoms with van der Waals surface area (Å²) in [6.45, 7) is 5.32. The Labute approximate surface area is 204 Å². The van der Waals surface area contributed by atoms with E-state index >= 15 is 0 Å². The highest BCUT2D eigenvalue weighted by Gasteiger charge is 2.34. The Morgan fingerprint density at radius 3 is 2.60 bits per heavy atom. The van der Waals surface area contributed by atoms with E-state index in [0.29, 0.717) is 30.8 Å². The van der Waals surface area contributed by atoms with Crippen LogP contribution in [0.5, 0.6) is 5.88 Å². The number of carbonyl (C=O) groups excluding carboxylic acids is 1. The number of amides is 1. The van der Waals surface area contributed by atoms with Gasteiger partial charge in [0.05, 0.1) is 12.6 Å². The summed E-state index contributed by atoms with van der Waals surface area (Å²) in [5.74, 6) is -0.267. The number of carbonyl (C=O) groups is 1. The van der Waals surface area contributed by atoms with E-state index in [0.717, 1.165) is 11.1 Å². The zero-order valence-electron chi connectivity index (χ0n) is 20.1. The minimum absolute atomic E-state index is 0.0271. The van der Waals surface area contributed by atoms with Gasteiger partial charge >= 0.3 is 0 Å². The Balaban J connectivity index is 1.63. The number of halogens is 1. The first-order valence-corrected chi connectivity index (χ1v) is 11.6. The molecule has 1 aliphatic heterocycles. The molecule has 0 bridgehead atoms. The molecule has 1 aliphatic rings. The number of hydrogen-bond donors (Lipinski definition) is 1. The predicted molar refractivity (Wildman–Crippen MR) is 129 cm³/mol. The van der Waals surface area contributed by atoms with E-state index in [-0.39, 0.29) is 42.3 Å². The van der Waals surface area contributed by atoms with Crippen LogP contribution in [0.4, 0.5) is 4.39 Å². The molecule has 1 amide bonds. The molecular weight excluding hydrogens is 449 g/mol. The molecule has 184 valence electrons. The van der Waals surface area contributed by atoms with Crippen LogP contribution in [0.1, 0.15) is 29.8 Å². The molecule has 0 spiro atoms. The van der Waals surface area contributed by atoms with Crippen molar-refractivity contribution in [3.8, 4) is 17.0 Å². The third-order valence-electron chi connectivity index (χ3n) is 6.27. The van der Waals surface area contributed by atoms with Gasteiger partial charge in [-0.15, -0.1) is 0 Å². The highest BCUT2D eigenvalue weighted by atomic mass is 19.1. The monoisotopic (exact) mass is 479 g/mol. The minimum Gasteiger partial charge on any atom is -0.472 e. The summed E-state index contributed by atoms with van der Waals surface area (Å²) >= 11 is 0. The van der Waals surface area contributed by atoms with Crippen LogP contribution in [-0.2, 0) is 6.54 Å². The largest absolute Gasteiger partial charge is 0.472 e. The number of likely N-dealkylation sites (N-methyl/N-ethyl adjacent to an activating group) is 1. The van der Waals surface area contributed by atoms with Gasteiger partial charge in [0.1, 0.15) is 23.8 Å². The topological polar surface area (TPSA) is 91.7 Å². The van der Waals surface area contributed by atoms with Crippen LogP contribution < -0.4 is 4.74 Å². The lowest BCUT2D eigenvalue weighted by molar-refractivity contribution is 0.0325. The van der Waals surface area contributed by atoms with Crippen LogP contribution in [0, 0.1) is 11.7 Å². The van der Waals surface area contributed by atoms with Gasteiger partial charge in [-0.05, 0) is 37.7 Å². The fraction of sp³-hybridized carbons (Fsp3) is 0.385. The van der Waals surface area contributed by atoms with Crippen molar-refractivity contribution in [2.45, 2.75) is 32.5 Å². The Bertz CT molecular complexity index is 1150. The molecule has 4 rings (SSSR count). The average Bonchev–Trinajstić information content (AvgIpc) is 2.87. The molecule has 3 atom stereocenters. The minimum atomic E-state index is -0.364. The van der Waals surface area contributed by atoms with E-state index in [9.17, 15) is 14.3 Å². The van der Waals surface area contributed by atoms with Crippen molar-refractivity contribution in [1.82, 2.24) is 24.8 Å². The van der Waals surface area contributed by atoms with Crippen LogP contribution in [-0.4, -0.2) is 74.7 Å². The maximum atomic E-state index is 13.5. The third-order valence-corrected chi connectivity index (χ3v) is 6.27.